The van der Waals surface area contributed by atoms with Crippen LogP contribution >= 0.6 is 11.6 Å². The number of aromatic hydroxyl groups is 1. The Bertz CT molecular complexity index is 1510. The third-order valence-electron chi connectivity index (χ3n) is 7.83. The second-order valence-corrected chi connectivity index (χ2v) is 13.5. The van der Waals surface area contributed by atoms with Crippen LogP contribution in [0.5, 0.6) is 5.75 Å². The minimum absolute atomic E-state index is 0.0806. The average molecular weight is 636 g/mol. The number of para-hydroxylation sites is 1. The standard InChI is InChI=1S/C36H46ClN3O5/c1-10-36(8,9)40(33(43)29(38-34(44)45-35(5,6)7)21-25-16-18-26(41)19-17-25)31(27-20-22(2)14-15-23(27)3)32(42)39-30-24(4)12-11-13-28(30)37/h11-20,29,31,41H,10,21H2,1-9H3,(H,38,44)(H,39,42). The molecular formula is C36H46ClN3O5. The van der Waals surface area contributed by atoms with Gasteiger partial charge < -0.3 is 25.4 Å². The summed E-state index contributed by atoms with van der Waals surface area (Å²) in [5, 5.41) is 16.0. The molecule has 0 aliphatic rings. The van der Waals surface area contributed by atoms with E-state index < -0.39 is 41.1 Å². The number of benzene rings is 3. The van der Waals surface area contributed by atoms with Crippen LogP contribution < -0.4 is 10.6 Å². The lowest BCUT2D eigenvalue weighted by Crippen LogP contribution is -2.59. The zero-order chi connectivity index (χ0) is 33.7. The van der Waals surface area contributed by atoms with Crippen molar-refractivity contribution >= 4 is 35.2 Å². The molecule has 0 radical (unpaired) electrons. The summed E-state index contributed by atoms with van der Waals surface area (Å²) in [5.41, 5.74) is 2.73. The maximum Gasteiger partial charge on any atom is 0.408 e. The Morgan fingerprint density at radius 2 is 1.58 bits per heavy atom. The SMILES string of the molecule is CCC(C)(C)N(C(=O)C(Cc1ccc(O)cc1)NC(=O)OC(C)(C)C)C(C(=O)Nc1c(C)cccc1Cl)c1cc(C)ccc1C. The molecule has 3 aromatic carbocycles. The fraction of sp³-hybridized carbons (Fsp3) is 0.417. The van der Waals surface area contributed by atoms with Gasteiger partial charge in [-0.05, 0) is 102 Å². The minimum Gasteiger partial charge on any atom is -0.508 e. The number of hydrogen-bond donors (Lipinski definition) is 3. The van der Waals surface area contributed by atoms with Crippen LogP contribution in [-0.2, 0) is 20.7 Å². The first-order valence-electron chi connectivity index (χ1n) is 15.2. The summed E-state index contributed by atoms with van der Waals surface area (Å²) >= 11 is 6.53. The monoisotopic (exact) mass is 635 g/mol. The van der Waals surface area contributed by atoms with Gasteiger partial charge in [0, 0.05) is 12.0 Å². The summed E-state index contributed by atoms with van der Waals surface area (Å²) in [6.45, 7) is 16.7. The van der Waals surface area contributed by atoms with E-state index in [1.54, 1.807) is 43.9 Å². The van der Waals surface area contributed by atoms with Gasteiger partial charge in [-0.25, -0.2) is 4.79 Å². The number of aryl methyl sites for hydroxylation is 3. The highest BCUT2D eigenvalue weighted by atomic mass is 35.5. The summed E-state index contributed by atoms with van der Waals surface area (Å²) in [4.78, 5) is 44.1. The van der Waals surface area contributed by atoms with Crippen molar-refractivity contribution in [1.82, 2.24) is 10.2 Å². The predicted molar refractivity (Wildman–Crippen MR) is 180 cm³/mol. The Hall–Kier alpha value is -4.04. The van der Waals surface area contributed by atoms with Crippen LogP contribution in [0.15, 0.2) is 60.7 Å². The zero-order valence-electron chi connectivity index (χ0n) is 27.7. The number of carbonyl (C=O) groups excluding carboxylic acids is 3. The van der Waals surface area contributed by atoms with Gasteiger partial charge in [-0.15, -0.1) is 0 Å². The number of anilines is 1. The summed E-state index contributed by atoms with van der Waals surface area (Å²) in [5.74, 6) is -0.815. The summed E-state index contributed by atoms with van der Waals surface area (Å²) in [6, 6.07) is 15.4. The number of nitrogens with zero attached hydrogens (tertiary/aromatic N) is 1. The highest BCUT2D eigenvalue weighted by Gasteiger charge is 2.44. The summed E-state index contributed by atoms with van der Waals surface area (Å²) in [6.07, 6.45) is -0.149. The van der Waals surface area contributed by atoms with Crippen LogP contribution in [0, 0.1) is 20.8 Å². The molecule has 2 unspecified atom stereocenters. The molecule has 242 valence electrons. The number of halogens is 1. The Morgan fingerprint density at radius 1 is 0.933 bits per heavy atom. The van der Waals surface area contributed by atoms with E-state index in [4.69, 9.17) is 16.3 Å². The number of alkyl carbamates (subject to hydrolysis) is 1. The Morgan fingerprint density at radius 3 is 2.16 bits per heavy atom. The molecule has 0 spiro atoms. The molecule has 0 saturated carbocycles. The van der Waals surface area contributed by atoms with Crippen molar-refractivity contribution in [2.45, 2.75) is 98.4 Å². The van der Waals surface area contributed by atoms with Crippen molar-refractivity contribution in [3.63, 3.8) is 0 Å². The number of rotatable bonds is 10. The van der Waals surface area contributed by atoms with Crippen LogP contribution in [0.2, 0.25) is 5.02 Å². The van der Waals surface area contributed by atoms with Gasteiger partial charge in [0.05, 0.1) is 10.7 Å². The van der Waals surface area contributed by atoms with Gasteiger partial charge in [-0.3, -0.25) is 9.59 Å². The molecule has 9 heteroatoms. The fourth-order valence-corrected chi connectivity index (χ4v) is 5.33. The molecule has 2 atom stereocenters. The second-order valence-electron chi connectivity index (χ2n) is 13.1. The second kappa shape index (κ2) is 14.4. The number of ether oxygens (including phenoxy) is 1. The van der Waals surface area contributed by atoms with Crippen molar-refractivity contribution < 1.29 is 24.2 Å². The minimum atomic E-state index is -1.10. The van der Waals surface area contributed by atoms with Gasteiger partial charge in [-0.1, -0.05) is 66.6 Å². The van der Waals surface area contributed by atoms with Crippen LogP contribution in [0.4, 0.5) is 10.5 Å². The normalized spacial score (nSPS) is 13.0. The maximum absolute atomic E-state index is 14.9. The molecule has 3 aromatic rings. The van der Waals surface area contributed by atoms with Gasteiger partial charge >= 0.3 is 6.09 Å². The first-order chi connectivity index (χ1) is 20.9. The van der Waals surface area contributed by atoms with Crippen molar-refractivity contribution in [1.29, 1.82) is 0 Å². The quantitative estimate of drug-likeness (QED) is 0.211. The van der Waals surface area contributed by atoms with E-state index in [9.17, 15) is 19.5 Å². The lowest BCUT2D eigenvalue weighted by atomic mass is 9.89. The van der Waals surface area contributed by atoms with Crippen molar-refractivity contribution in [2.24, 2.45) is 0 Å². The zero-order valence-corrected chi connectivity index (χ0v) is 28.5. The van der Waals surface area contributed by atoms with E-state index in [0.29, 0.717) is 28.3 Å². The van der Waals surface area contributed by atoms with Gasteiger partial charge in [0.2, 0.25) is 5.91 Å². The van der Waals surface area contributed by atoms with Crippen LogP contribution in [0.1, 0.15) is 81.8 Å². The average Bonchev–Trinajstić information content (AvgIpc) is 2.94. The summed E-state index contributed by atoms with van der Waals surface area (Å²) < 4.78 is 5.54. The summed E-state index contributed by atoms with van der Waals surface area (Å²) in [7, 11) is 0. The molecule has 0 saturated heterocycles. The Kier molecular flexibility index (Phi) is 11.3. The lowest BCUT2D eigenvalue weighted by molar-refractivity contribution is -0.147. The molecule has 0 heterocycles. The molecule has 0 bridgehead atoms. The van der Waals surface area contributed by atoms with Crippen molar-refractivity contribution in [2.75, 3.05) is 5.32 Å². The number of phenols is 1. The molecule has 45 heavy (non-hydrogen) atoms. The van der Waals surface area contributed by atoms with E-state index in [2.05, 4.69) is 10.6 Å². The van der Waals surface area contributed by atoms with Gasteiger partial charge in [0.1, 0.15) is 23.4 Å². The predicted octanol–water partition coefficient (Wildman–Crippen LogP) is 7.80. The number of hydrogen-bond acceptors (Lipinski definition) is 5. The molecule has 0 aromatic heterocycles. The van der Waals surface area contributed by atoms with E-state index in [0.717, 1.165) is 16.7 Å². The molecule has 8 nitrogen and oxygen atoms in total. The smallest absolute Gasteiger partial charge is 0.408 e. The van der Waals surface area contributed by atoms with E-state index >= 15 is 0 Å². The third kappa shape index (κ3) is 9.24. The van der Waals surface area contributed by atoms with Crippen LogP contribution in [0.3, 0.4) is 0 Å². The number of phenolic OH excluding ortho intramolecular Hbond substituents is 1. The first kappa shape index (κ1) is 35.4. The highest BCUT2D eigenvalue weighted by molar-refractivity contribution is 6.34. The van der Waals surface area contributed by atoms with Crippen molar-refractivity contribution in [3.05, 3.63) is 93.5 Å². The Balaban J connectivity index is 2.22. The van der Waals surface area contributed by atoms with Gasteiger partial charge in [0.15, 0.2) is 0 Å². The van der Waals surface area contributed by atoms with E-state index in [1.165, 1.54) is 12.1 Å². The molecule has 3 N–H and O–H groups in total. The highest BCUT2D eigenvalue weighted by Crippen LogP contribution is 2.36. The molecular weight excluding hydrogens is 590 g/mol. The molecule has 3 rings (SSSR count). The largest absolute Gasteiger partial charge is 0.508 e. The van der Waals surface area contributed by atoms with Crippen LogP contribution in [0.25, 0.3) is 0 Å². The number of carbonyl (C=O) groups is 3. The number of nitrogens with one attached hydrogen (secondary N) is 2. The van der Waals surface area contributed by atoms with Crippen molar-refractivity contribution in [3.8, 4) is 5.75 Å². The molecule has 0 fully saturated rings. The molecule has 0 aliphatic heterocycles. The van der Waals surface area contributed by atoms with Crippen LogP contribution in [-0.4, -0.2) is 45.1 Å². The topological polar surface area (TPSA) is 108 Å². The molecule has 0 aliphatic carbocycles. The van der Waals surface area contributed by atoms with Gasteiger partial charge in [-0.2, -0.15) is 0 Å². The molecule has 3 amide bonds. The van der Waals surface area contributed by atoms with Gasteiger partial charge in [0.25, 0.3) is 5.91 Å². The third-order valence-corrected chi connectivity index (χ3v) is 8.14. The van der Waals surface area contributed by atoms with E-state index in [-0.39, 0.29) is 12.2 Å². The first-order valence-corrected chi connectivity index (χ1v) is 15.5. The Labute approximate surface area is 272 Å². The van der Waals surface area contributed by atoms with E-state index in [1.807, 2.05) is 71.9 Å². The number of amides is 3. The maximum atomic E-state index is 14.9. The lowest BCUT2D eigenvalue weighted by Gasteiger charge is -2.45. The fourth-order valence-electron chi connectivity index (χ4n) is 5.06.